The van der Waals surface area contributed by atoms with Gasteiger partial charge in [-0.25, -0.2) is 0 Å². The van der Waals surface area contributed by atoms with Gasteiger partial charge >= 0.3 is 0 Å². The topological polar surface area (TPSA) is 29.5 Å². The lowest BCUT2D eigenvalue weighted by atomic mass is 9.87. The lowest BCUT2D eigenvalue weighted by molar-refractivity contribution is -0.134. The number of ether oxygens (including phenoxy) is 1. The van der Waals surface area contributed by atoms with Gasteiger partial charge in [0.25, 0.3) is 0 Å². The molecule has 0 aliphatic carbocycles. The number of terminal acetylenes is 1. The minimum Gasteiger partial charge on any atom is -0.379 e. The lowest BCUT2D eigenvalue weighted by Gasteiger charge is -2.41. The lowest BCUT2D eigenvalue weighted by Crippen LogP contribution is -2.56. The normalized spacial score (nSPS) is 20.5. The van der Waals surface area contributed by atoms with Gasteiger partial charge in [-0.05, 0) is 19.8 Å². The Kier molecular flexibility index (Phi) is 5.67. The van der Waals surface area contributed by atoms with E-state index in [1.54, 1.807) is 0 Å². The Morgan fingerprint density at radius 2 is 2.12 bits per heavy atom. The largest absolute Gasteiger partial charge is 0.379 e. The van der Waals surface area contributed by atoms with Crippen LogP contribution in [0.3, 0.4) is 0 Å². The van der Waals surface area contributed by atoms with E-state index >= 15 is 0 Å². The summed E-state index contributed by atoms with van der Waals surface area (Å²) in [7, 11) is 0. The van der Waals surface area contributed by atoms with Crippen LogP contribution in [0, 0.1) is 12.3 Å². The van der Waals surface area contributed by atoms with Crippen LogP contribution in [0.1, 0.15) is 39.5 Å². The number of morpholine rings is 1. The molecule has 17 heavy (non-hydrogen) atoms. The molecule has 1 aliphatic rings. The summed E-state index contributed by atoms with van der Waals surface area (Å²) < 4.78 is 5.34. The van der Waals surface area contributed by atoms with Crippen molar-refractivity contribution in [1.29, 1.82) is 0 Å². The van der Waals surface area contributed by atoms with Crippen LogP contribution in [0.25, 0.3) is 0 Å². The fraction of sp³-hybridized carbons (Fsp3) is 0.786. The first-order chi connectivity index (χ1) is 8.15. The van der Waals surface area contributed by atoms with Crippen LogP contribution in [-0.4, -0.2) is 42.5 Å². The first-order valence-corrected chi connectivity index (χ1v) is 6.44. The van der Waals surface area contributed by atoms with E-state index in [9.17, 15) is 4.79 Å². The SMILES string of the molecule is C#CCCCC(=O)C(C)(CC)N1CCOCC1. The van der Waals surface area contributed by atoms with Gasteiger partial charge in [-0.3, -0.25) is 9.69 Å². The van der Waals surface area contributed by atoms with E-state index in [0.29, 0.717) is 18.6 Å². The second kappa shape index (κ2) is 6.78. The molecular formula is C14H23NO2. The highest BCUT2D eigenvalue weighted by Crippen LogP contribution is 2.24. The van der Waals surface area contributed by atoms with Crippen LogP contribution in [0.2, 0.25) is 0 Å². The second-order valence-corrected chi connectivity index (χ2v) is 4.71. The van der Waals surface area contributed by atoms with Crippen molar-refractivity contribution in [3.05, 3.63) is 0 Å². The number of carbonyl (C=O) groups is 1. The summed E-state index contributed by atoms with van der Waals surface area (Å²) in [6, 6.07) is 0. The van der Waals surface area contributed by atoms with Crippen LogP contribution >= 0.6 is 0 Å². The zero-order chi connectivity index (χ0) is 12.7. The van der Waals surface area contributed by atoms with Crippen molar-refractivity contribution in [3.8, 4) is 12.3 Å². The van der Waals surface area contributed by atoms with Crippen molar-refractivity contribution in [2.24, 2.45) is 0 Å². The smallest absolute Gasteiger partial charge is 0.152 e. The number of hydrogen-bond acceptors (Lipinski definition) is 3. The first kappa shape index (κ1) is 14.2. The molecule has 1 fully saturated rings. The zero-order valence-corrected chi connectivity index (χ0v) is 11.0. The standard InChI is InChI=1S/C14H23NO2/c1-4-6-7-8-13(16)14(3,5-2)15-9-11-17-12-10-15/h1H,5-12H2,2-3H3. The number of carbonyl (C=O) groups excluding carboxylic acids is 1. The van der Waals surface area contributed by atoms with Gasteiger partial charge in [0.2, 0.25) is 0 Å². The molecule has 1 atom stereocenters. The monoisotopic (exact) mass is 237 g/mol. The van der Waals surface area contributed by atoms with E-state index in [0.717, 1.165) is 39.1 Å². The molecule has 0 spiro atoms. The zero-order valence-electron chi connectivity index (χ0n) is 11.0. The Morgan fingerprint density at radius 1 is 1.47 bits per heavy atom. The van der Waals surface area contributed by atoms with Crippen LogP contribution in [-0.2, 0) is 9.53 Å². The number of nitrogens with zero attached hydrogens (tertiary/aromatic N) is 1. The molecule has 0 aromatic rings. The van der Waals surface area contributed by atoms with Gasteiger partial charge in [0.15, 0.2) is 5.78 Å². The van der Waals surface area contributed by atoms with E-state index in [1.165, 1.54) is 0 Å². The van der Waals surface area contributed by atoms with Crippen LogP contribution in [0.4, 0.5) is 0 Å². The average Bonchev–Trinajstić information content (AvgIpc) is 2.39. The van der Waals surface area contributed by atoms with Crippen molar-refractivity contribution in [2.45, 2.75) is 45.1 Å². The third kappa shape index (κ3) is 3.55. The summed E-state index contributed by atoms with van der Waals surface area (Å²) >= 11 is 0. The molecule has 1 saturated heterocycles. The Labute approximate surface area is 105 Å². The van der Waals surface area contributed by atoms with Crippen LogP contribution < -0.4 is 0 Å². The van der Waals surface area contributed by atoms with Crippen molar-refractivity contribution >= 4 is 5.78 Å². The van der Waals surface area contributed by atoms with Gasteiger partial charge in [0.05, 0.1) is 18.8 Å². The summed E-state index contributed by atoms with van der Waals surface area (Å²) in [5, 5.41) is 0. The molecule has 1 unspecified atom stereocenters. The minimum absolute atomic E-state index is 0.317. The van der Waals surface area contributed by atoms with E-state index in [2.05, 4.69) is 24.7 Å². The fourth-order valence-electron chi connectivity index (χ4n) is 2.27. The summed E-state index contributed by atoms with van der Waals surface area (Å²) in [6.45, 7) is 7.29. The number of unbranched alkanes of at least 4 members (excludes halogenated alkanes) is 1. The Morgan fingerprint density at radius 3 is 2.65 bits per heavy atom. The van der Waals surface area contributed by atoms with Gasteiger partial charge in [-0.2, -0.15) is 0 Å². The van der Waals surface area contributed by atoms with Gasteiger partial charge < -0.3 is 4.74 Å². The number of hydrogen-bond donors (Lipinski definition) is 0. The van der Waals surface area contributed by atoms with Crippen molar-refractivity contribution in [3.63, 3.8) is 0 Å². The van der Waals surface area contributed by atoms with Crippen LogP contribution in [0.5, 0.6) is 0 Å². The molecule has 0 aromatic heterocycles. The number of Topliss-reactive ketones (excluding diaryl/α,β-unsaturated/α-hetero) is 1. The summed E-state index contributed by atoms with van der Waals surface area (Å²) in [4.78, 5) is 14.6. The molecule has 0 saturated carbocycles. The molecule has 3 nitrogen and oxygen atoms in total. The van der Waals surface area contributed by atoms with Gasteiger partial charge in [-0.1, -0.05) is 6.92 Å². The summed E-state index contributed by atoms with van der Waals surface area (Å²) in [5.41, 5.74) is -0.335. The number of rotatable bonds is 6. The van der Waals surface area contributed by atoms with E-state index in [1.807, 2.05) is 0 Å². The Bertz CT molecular complexity index is 289. The van der Waals surface area contributed by atoms with Gasteiger partial charge in [-0.15, -0.1) is 12.3 Å². The minimum atomic E-state index is -0.335. The molecule has 0 N–H and O–H groups in total. The molecule has 1 aliphatic heterocycles. The highest BCUT2D eigenvalue weighted by Gasteiger charge is 2.37. The molecule has 0 bridgehead atoms. The maximum atomic E-state index is 12.3. The molecule has 1 heterocycles. The summed E-state index contributed by atoms with van der Waals surface area (Å²) in [5.74, 6) is 2.90. The van der Waals surface area contributed by atoms with E-state index in [4.69, 9.17) is 11.2 Å². The highest BCUT2D eigenvalue weighted by molar-refractivity contribution is 5.87. The van der Waals surface area contributed by atoms with Crippen LogP contribution in [0.15, 0.2) is 0 Å². The fourth-order valence-corrected chi connectivity index (χ4v) is 2.27. The Balaban J connectivity index is 2.59. The van der Waals surface area contributed by atoms with Crippen molar-refractivity contribution in [2.75, 3.05) is 26.3 Å². The van der Waals surface area contributed by atoms with Crippen molar-refractivity contribution in [1.82, 2.24) is 4.90 Å². The Hall–Kier alpha value is -0.850. The van der Waals surface area contributed by atoms with E-state index < -0.39 is 0 Å². The maximum Gasteiger partial charge on any atom is 0.152 e. The molecule has 96 valence electrons. The third-order valence-electron chi connectivity index (χ3n) is 3.72. The van der Waals surface area contributed by atoms with Gasteiger partial charge in [0.1, 0.15) is 0 Å². The average molecular weight is 237 g/mol. The van der Waals surface area contributed by atoms with E-state index in [-0.39, 0.29) is 5.54 Å². The van der Waals surface area contributed by atoms with Crippen molar-refractivity contribution < 1.29 is 9.53 Å². The highest BCUT2D eigenvalue weighted by atomic mass is 16.5. The molecule has 0 aromatic carbocycles. The predicted molar refractivity (Wildman–Crippen MR) is 68.8 cm³/mol. The summed E-state index contributed by atoms with van der Waals surface area (Å²) in [6.07, 6.45) is 8.14. The molecule has 3 heteroatoms. The second-order valence-electron chi connectivity index (χ2n) is 4.71. The number of ketones is 1. The predicted octanol–water partition coefficient (Wildman–Crippen LogP) is 1.86. The molecule has 0 radical (unpaired) electrons. The quantitative estimate of drug-likeness (QED) is 0.521. The maximum absolute atomic E-state index is 12.3. The molecule has 0 amide bonds. The first-order valence-electron chi connectivity index (χ1n) is 6.44. The van der Waals surface area contributed by atoms with Gasteiger partial charge in [0, 0.05) is 25.9 Å². The third-order valence-corrected chi connectivity index (χ3v) is 3.72. The molecular weight excluding hydrogens is 214 g/mol. The molecule has 1 rings (SSSR count).